The minimum Gasteiger partial charge on any atom is -0.463 e. The second-order valence-electron chi connectivity index (χ2n) is 13.6. The van der Waals surface area contributed by atoms with Crippen LogP contribution in [0.25, 0.3) is 0 Å². The summed E-state index contributed by atoms with van der Waals surface area (Å²) in [7, 11) is 0. The van der Waals surface area contributed by atoms with E-state index in [0.717, 1.165) is 37.0 Å². The minimum absolute atomic E-state index is 0.0763. The van der Waals surface area contributed by atoms with Crippen LogP contribution in [0.1, 0.15) is 105 Å². The van der Waals surface area contributed by atoms with E-state index in [-0.39, 0.29) is 24.6 Å². The molecule has 0 aromatic rings. The molecule has 0 aromatic carbocycles. The fourth-order valence-corrected chi connectivity index (χ4v) is 9.27. The molecule has 0 amide bonds. The molecule has 4 rings (SSSR count). The molecular formula is C30H50O5. The van der Waals surface area contributed by atoms with E-state index in [1.807, 2.05) is 13.8 Å². The van der Waals surface area contributed by atoms with E-state index < -0.39 is 5.97 Å². The summed E-state index contributed by atoms with van der Waals surface area (Å²) in [4.78, 5) is 24.0. The molecule has 0 aliphatic heterocycles. The summed E-state index contributed by atoms with van der Waals surface area (Å²) in [5.74, 6) is 3.86. The van der Waals surface area contributed by atoms with Crippen LogP contribution in [0.3, 0.4) is 0 Å². The van der Waals surface area contributed by atoms with Gasteiger partial charge < -0.3 is 14.6 Å². The van der Waals surface area contributed by atoms with E-state index in [0.29, 0.717) is 41.6 Å². The van der Waals surface area contributed by atoms with Crippen molar-refractivity contribution in [3.05, 3.63) is 0 Å². The Hall–Kier alpha value is -1.10. The largest absolute Gasteiger partial charge is 0.463 e. The molecule has 5 nitrogen and oxygen atoms in total. The molecule has 200 valence electrons. The van der Waals surface area contributed by atoms with Gasteiger partial charge in [0, 0.05) is 6.42 Å². The van der Waals surface area contributed by atoms with Gasteiger partial charge in [-0.2, -0.15) is 0 Å². The number of hydrogen-bond donors (Lipinski definition) is 1. The molecule has 4 aliphatic carbocycles. The molecule has 5 heteroatoms. The number of carbonyl (C=O) groups excluding carboxylic acids is 2. The van der Waals surface area contributed by atoms with E-state index in [2.05, 4.69) is 20.8 Å². The van der Waals surface area contributed by atoms with Crippen molar-refractivity contribution in [3.63, 3.8) is 0 Å². The van der Waals surface area contributed by atoms with Gasteiger partial charge in [0.1, 0.15) is 0 Å². The van der Waals surface area contributed by atoms with Crippen molar-refractivity contribution >= 4 is 11.9 Å². The van der Waals surface area contributed by atoms with Crippen LogP contribution in [0.5, 0.6) is 0 Å². The first-order valence-corrected chi connectivity index (χ1v) is 14.5. The van der Waals surface area contributed by atoms with Gasteiger partial charge in [-0.25, -0.2) is 4.79 Å². The SMILES string of the molecule is CC(C)COC(=O)COC(=O)CC[C@@H](C)[C@H]1CC[C@H]2[C@@H]3CC[C@@H]4C[C@H](O)CC[C@]4(C)[C@H]3CC[C@]12C. The topological polar surface area (TPSA) is 72.8 Å². The number of fused-ring (bicyclic) bond motifs is 5. The second kappa shape index (κ2) is 10.7. The fourth-order valence-electron chi connectivity index (χ4n) is 9.27. The maximum atomic E-state index is 12.3. The molecule has 0 bridgehead atoms. The lowest BCUT2D eigenvalue weighted by molar-refractivity contribution is -0.159. The highest BCUT2D eigenvalue weighted by Crippen LogP contribution is 2.68. The molecule has 0 heterocycles. The van der Waals surface area contributed by atoms with Crippen molar-refractivity contribution in [2.45, 2.75) is 111 Å². The summed E-state index contributed by atoms with van der Waals surface area (Å²) in [6, 6.07) is 0. The van der Waals surface area contributed by atoms with E-state index in [1.54, 1.807) is 0 Å². The van der Waals surface area contributed by atoms with Crippen LogP contribution in [0.2, 0.25) is 0 Å². The minimum atomic E-state index is -0.459. The van der Waals surface area contributed by atoms with Crippen LogP contribution in [0.15, 0.2) is 0 Å². The van der Waals surface area contributed by atoms with Crippen molar-refractivity contribution in [1.29, 1.82) is 0 Å². The van der Waals surface area contributed by atoms with Crippen LogP contribution < -0.4 is 0 Å². The van der Waals surface area contributed by atoms with Crippen LogP contribution >= 0.6 is 0 Å². The van der Waals surface area contributed by atoms with Gasteiger partial charge in [0.2, 0.25) is 0 Å². The number of aliphatic hydroxyl groups excluding tert-OH is 1. The quantitative estimate of drug-likeness (QED) is 0.412. The molecule has 0 radical (unpaired) electrons. The van der Waals surface area contributed by atoms with Crippen LogP contribution in [-0.4, -0.2) is 36.4 Å². The number of aliphatic hydroxyl groups is 1. The number of hydrogen-bond acceptors (Lipinski definition) is 5. The van der Waals surface area contributed by atoms with Gasteiger partial charge in [0.25, 0.3) is 0 Å². The van der Waals surface area contributed by atoms with E-state index in [4.69, 9.17) is 9.47 Å². The molecule has 1 N–H and O–H groups in total. The average Bonchev–Trinajstić information content (AvgIpc) is 3.17. The summed E-state index contributed by atoms with van der Waals surface area (Å²) in [6.07, 6.45) is 12.3. The van der Waals surface area contributed by atoms with Gasteiger partial charge in [-0.3, -0.25) is 4.79 Å². The number of ether oxygens (including phenoxy) is 2. The highest BCUT2D eigenvalue weighted by molar-refractivity contribution is 5.76. The number of rotatable bonds is 8. The van der Waals surface area contributed by atoms with Crippen LogP contribution in [0, 0.1) is 52.3 Å². The lowest BCUT2D eigenvalue weighted by Crippen LogP contribution is -2.54. The summed E-state index contributed by atoms with van der Waals surface area (Å²) >= 11 is 0. The zero-order valence-corrected chi connectivity index (χ0v) is 22.9. The molecule has 0 aromatic heterocycles. The zero-order chi connectivity index (χ0) is 25.4. The maximum absolute atomic E-state index is 12.3. The first-order chi connectivity index (χ1) is 16.5. The van der Waals surface area contributed by atoms with Gasteiger partial charge in [0.15, 0.2) is 6.61 Å². The first kappa shape index (κ1) is 26.9. The Morgan fingerprint density at radius 1 is 0.886 bits per heavy atom. The standard InChI is InChI=1S/C30H50O5/c1-19(2)17-34-28(33)18-35-27(32)11-6-20(3)24-9-10-25-23-8-7-21-16-22(31)12-14-29(21,4)26(23)13-15-30(24,25)5/h19-26,31H,6-18H2,1-5H3/t20-,21-,22-,23+,24-,25+,26+,29+,30-/m1/s1. The smallest absolute Gasteiger partial charge is 0.344 e. The average molecular weight is 491 g/mol. The Kier molecular flexibility index (Phi) is 8.25. The van der Waals surface area contributed by atoms with Crippen molar-refractivity contribution in [2.75, 3.05) is 13.2 Å². The summed E-state index contributed by atoms with van der Waals surface area (Å²) in [6.45, 7) is 11.5. The third kappa shape index (κ3) is 5.45. The molecule has 0 unspecified atom stereocenters. The van der Waals surface area contributed by atoms with E-state index in [9.17, 15) is 14.7 Å². The Bertz CT molecular complexity index is 764. The van der Waals surface area contributed by atoms with Gasteiger partial charge in [0.05, 0.1) is 12.7 Å². The molecule has 4 fully saturated rings. The molecule has 35 heavy (non-hydrogen) atoms. The fraction of sp³-hybridized carbons (Fsp3) is 0.933. The normalized spacial score (nSPS) is 41.5. The Morgan fingerprint density at radius 3 is 2.34 bits per heavy atom. The predicted molar refractivity (Wildman–Crippen MR) is 136 cm³/mol. The summed E-state index contributed by atoms with van der Waals surface area (Å²) < 4.78 is 10.3. The van der Waals surface area contributed by atoms with Gasteiger partial charge >= 0.3 is 11.9 Å². The van der Waals surface area contributed by atoms with Crippen LogP contribution in [-0.2, 0) is 19.1 Å². The highest BCUT2D eigenvalue weighted by atomic mass is 16.6. The van der Waals surface area contributed by atoms with Crippen LogP contribution in [0.4, 0.5) is 0 Å². The first-order valence-electron chi connectivity index (χ1n) is 14.5. The van der Waals surface area contributed by atoms with E-state index in [1.165, 1.54) is 44.9 Å². The lowest BCUT2D eigenvalue weighted by Gasteiger charge is -2.61. The van der Waals surface area contributed by atoms with Crippen molar-refractivity contribution < 1.29 is 24.2 Å². The van der Waals surface area contributed by atoms with Gasteiger partial charge in [-0.15, -0.1) is 0 Å². The summed E-state index contributed by atoms with van der Waals surface area (Å²) in [5.41, 5.74) is 0.801. The predicted octanol–water partition coefficient (Wildman–Crippen LogP) is 6.16. The molecular weight excluding hydrogens is 440 g/mol. The molecule has 9 atom stereocenters. The van der Waals surface area contributed by atoms with Gasteiger partial charge in [-0.1, -0.05) is 34.6 Å². The maximum Gasteiger partial charge on any atom is 0.344 e. The second-order valence-corrected chi connectivity index (χ2v) is 13.6. The van der Waals surface area contributed by atoms with E-state index >= 15 is 0 Å². The molecule has 4 aliphatic rings. The van der Waals surface area contributed by atoms with Crippen molar-refractivity contribution in [2.24, 2.45) is 52.3 Å². The van der Waals surface area contributed by atoms with Crippen molar-refractivity contribution in [3.8, 4) is 0 Å². The van der Waals surface area contributed by atoms with Crippen molar-refractivity contribution in [1.82, 2.24) is 0 Å². The third-order valence-corrected chi connectivity index (χ3v) is 11.1. The Labute approximate surface area is 213 Å². The number of carbonyl (C=O) groups is 2. The lowest BCUT2D eigenvalue weighted by atomic mass is 9.44. The summed E-state index contributed by atoms with van der Waals surface area (Å²) in [5, 5.41) is 10.3. The highest BCUT2D eigenvalue weighted by Gasteiger charge is 2.60. The molecule has 0 saturated heterocycles. The molecule has 0 spiro atoms. The third-order valence-electron chi connectivity index (χ3n) is 11.1. The molecule has 4 saturated carbocycles. The van der Waals surface area contributed by atoms with Gasteiger partial charge in [-0.05, 0) is 116 Å². The monoisotopic (exact) mass is 490 g/mol. The Balaban J connectivity index is 1.30. The Morgan fingerprint density at radius 2 is 1.60 bits per heavy atom. The zero-order valence-electron chi connectivity index (χ0n) is 22.9. The number of esters is 2.